The molecule has 0 unspecified atom stereocenters. The molecule has 0 saturated heterocycles. The summed E-state index contributed by atoms with van der Waals surface area (Å²) in [5.74, 6) is 5.20. The Labute approximate surface area is 118 Å². The molecule has 1 aromatic carbocycles. The first-order valence-corrected chi connectivity index (χ1v) is 6.45. The van der Waals surface area contributed by atoms with Crippen molar-refractivity contribution >= 4 is 11.6 Å². The van der Waals surface area contributed by atoms with Crippen LogP contribution >= 0.6 is 0 Å². The third kappa shape index (κ3) is 3.55. The van der Waals surface area contributed by atoms with Crippen LogP contribution in [0.25, 0.3) is 0 Å². The molecular formula is C15H18N4O. The van der Waals surface area contributed by atoms with Gasteiger partial charge in [0.05, 0.1) is 17.4 Å². The molecule has 1 aromatic heterocycles. The average molecular weight is 270 g/mol. The van der Waals surface area contributed by atoms with Crippen LogP contribution in [0.4, 0.5) is 5.69 Å². The van der Waals surface area contributed by atoms with Crippen LogP contribution < -0.4 is 16.6 Å². The van der Waals surface area contributed by atoms with Gasteiger partial charge in [0.2, 0.25) is 0 Å². The molecule has 0 bridgehead atoms. The van der Waals surface area contributed by atoms with Gasteiger partial charge in [-0.25, -0.2) is 0 Å². The number of pyridine rings is 1. The van der Waals surface area contributed by atoms with Gasteiger partial charge in [0.1, 0.15) is 0 Å². The largest absolute Gasteiger partial charge is 0.352 e. The molecular weight excluding hydrogens is 252 g/mol. The van der Waals surface area contributed by atoms with E-state index in [1.807, 2.05) is 6.07 Å². The van der Waals surface area contributed by atoms with E-state index in [2.05, 4.69) is 40.8 Å². The number of anilines is 1. The quantitative estimate of drug-likeness (QED) is 0.570. The number of aryl methyl sites for hydroxylation is 1. The van der Waals surface area contributed by atoms with E-state index in [0.717, 1.165) is 6.42 Å². The zero-order valence-corrected chi connectivity index (χ0v) is 11.4. The monoisotopic (exact) mass is 270 g/mol. The fourth-order valence-corrected chi connectivity index (χ4v) is 1.99. The SMILES string of the molecule is Cc1cccc(CCNC(=O)c2ccncc2NN)c1. The van der Waals surface area contributed by atoms with Crippen molar-refractivity contribution in [1.29, 1.82) is 0 Å². The number of nitrogens with one attached hydrogen (secondary N) is 2. The Bertz CT molecular complexity index is 598. The summed E-state index contributed by atoms with van der Waals surface area (Å²) in [5.41, 5.74) is 5.90. The van der Waals surface area contributed by atoms with Gasteiger partial charge in [-0.2, -0.15) is 0 Å². The van der Waals surface area contributed by atoms with Crippen LogP contribution in [-0.4, -0.2) is 17.4 Å². The Balaban J connectivity index is 1.92. The van der Waals surface area contributed by atoms with Gasteiger partial charge in [0.15, 0.2) is 0 Å². The molecule has 104 valence electrons. The van der Waals surface area contributed by atoms with Crippen LogP contribution in [0.1, 0.15) is 21.5 Å². The lowest BCUT2D eigenvalue weighted by Crippen LogP contribution is -2.27. The molecule has 5 heteroatoms. The van der Waals surface area contributed by atoms with Crippen molar-refractivity contribution in [1.82, 2.24) is 10.3 Å². The summed E-state index contributed by atoms with van der Waals surface area (Å²) in [4.78, 5) is 16.0. The van der Waals surface area contributed by atoms with E-state index in [9.17, 15) is 4.79 Å². The van der Waals surface area contributed by atoms with Gasteiger partial charge in [-0.1, -0.05) is 29.8 Å². The highest BCUT2D eigenvalue weighted by molar-refractivity contribution is 5.99. The number of nitrogens with two attached hydrogens (primary N) is 1. The van der Waals surface area contributed by atoms with Crippen molar-refractivity contribution in [3.63, 3.8) is 0 Å². The van der Waals surface area contributed by atoms with Crippen LogP contribution in [0.15, 0.2) is 42.7 Å². The predicted molar refractivity (Wildman–Crippen MR) is 79.3 cm³/mol. The zero-order valence-electron chi connectivity index (χ0n) is 11.4. The number of hydrogen-bond donors (Lipinski definition) is 3. The zero-order chi connectivity index (χ0) is 14.4. The fourth-order valence-electron chi connectivity index (χ4n) is 1.99. The highest BCUT2D eigenvalue weighted by atomic mass is 16.1. The molecule has 0 fully saturated rings. The maximum atomic E-state index is 12.0. The van der Waals surface area contributed by atoms with Crippen molar-refractivity contribution in [3.05, 3.63) is 59.4 Å². The highest BCUT2D eigenvalue weighted by Crippen LogP contribution is 2.11. The van der Waals surface area contributed by atoms with Gasteiger partial charge in [-0.05, 0) is 25.0 Å². The fraction of sp³-hybridized carbons (Fsp3) is 0.200. The first-order chi connectivity index (χ1) is 9.70. The van der Waals surface area contributed by atoms with Crippen molar-refractivity contribution in [2.24, 2.45) is 5.84 Å². The van der Waals surface area contributed by atoms with E-state index in [-0.39, 0.29) is 5.91 Å². The lowest BCUT2D eigenvalue weighted by molar-refractivity contribution is 0.0955. The summed E-state index contributed by atoms with van der Waals surface area (Å²) in [6.07, 6.45) is 3.88. The second-order valence-corrected chi connectivity index (χ2v) is 4.56. The second-order valence-electron chi connectivity index (χ2n) is 4.56. The van der Waals surface area contributed by atoms with Crippen molar-refractivity contribution in [2.45, 2.75) is 13.3 Å². The summed E-state index contributed by atoms with van der Waals surface area (Å²) in [6.45, 7) is 2.63. The molecule has 0 atom stereocenters. The Kier molecular flexibility index (Phi) is 4.68. The van der Waals surface area contributed by atoms with Crippen molar-refractivity contribution < 1.29 is 4.79 Å². The van der Waals surface area contributed by atoms with Crippen LogP contribution in [0.3, 0.4) is 0 Å². The highest BCUT2D eigenvalue weighted by Gasteiger charge is 2.09. The molecule has 0 aliphatic heterocycles. The van der Waals surface area contributed by atoms with E-state index in [4.69, 9.17) is 5.84 Å². The normalized spacial score (nSPS) is 10.1. The van der Waals surface area contributed by atoms with E-state index < -0.39 is 0 Å². The summed E-state index contributed by atoms with van der Waals surface area (Å²) >= 11 is 0. The average Bonchev–Trinajstić information content (AvgIpc) is 2.47. The number of amides is 1. The molecule has 0 aliphatic rings. The van der Waals surface area contributed by atoms with Gasteiger partial charge in [-0.3, -0.25) is 15.6 Å². The number of hydrogen-bond acceptors (Lipinski definition) is 4. The van der Waals surface area contributed by atoms with E-state index in [1.165, 1.54) is 17.3 Å². The Morgan fingerprint density at radius 3 is 2.95 bits per heavy atom. The number of carbonyl (C=O) groups is 1. The number of carbonyl (C=O) groups excluding carboxylic acids is 1. The van der Waals surface area contributed by atoms with Gasteiger partial charge in [-0.15, -0.1) is 0 Å². The Morgan fingerprint density at radius 1 is 1.35 bits per heavy atom. The minimum absolute atomic E-state index is 0.159. The Hall–Kier alpha value is -2.40. The first-order valence-electron chi connectivity index (χ1n) is 6.45. The number of aromatic nitrogens is 1. The van der Waals surface area contributed by atoms with Gasteiger partial charge >= 0.3 is 0 Å². The van der Waals surface area contributed by atoms with E-state index in [1.54, 1.807) is 12.3 Å². The molecule has 1 heterocycles. The maximum absolute atomic E-state index is 12.0. The van der Waals surface area contributed by atoms with Crippen LogP contribution in [-0.2, 0) is 6.42 Å². The van der Waals surface area contributed by atoms with Gasteiger partial charge in [0, 0.05) is 12.7 Å². The lowest BCUT2D eigenvalue weighted by Gasteiger charge is -2.09. The lowest BCUT2D eigenvalue weighted by atomic mass is 10.1. The van der Waals surface area contributed by atoms with Crippen LogP contribution in [0, 0.1) is 6.92 Å². The number of rotatable bonds is 5. The molecule has 0 saturated carbocycles. The number of benzene rings is 1. The van der Waals surface area contributed by atoms with Crippen LogP contribution in [0.5, 0.6) is 0 Å². The third-order valence-corrected chi connectivity index (χ3v) is 3.00. The minimum Gasteiger partial charge on any atom is -0.352 e. The summed E-state index contributed by atoms with van der Waals surface area (Å²) in [7, 11) is 0. The number of hydrazine groups is 1. The standard InChI is InChI=1S/C15H18N4O/c1-11-3-2-4-12(9-11)5-8-18-15(20)13-6-7-17-10-14(13)19-16/h2-4,6-7,9-10,19H,5,8,16H2,1H3,(H,18,20). The third-order valence-electron chi connectivity index (χ3n) is 3.00. The summed E-state index contributed by atoms with van der Waals surface area (Å²) < 4.78 is 0. The molecule has 0 radical (unpaired) electrons. The molecule has 1 amide bonds. The number of nitrogen functional groups attached to an aromatic ring is 1. The molecule has 0 aliphatic carbocycles. The molecule has 0 spiro atoms. The topological polar surface area (TPSA) is 80.0 Å². The van der Waals surface area contributed by atoms with Gasteiger partial charge < -0.3 is 10.7 Å². The maximum Gasteiger partial charge on any atom is 0.253 e. The second kappa shape index (κ2) is 6.68. The minimum atomic E-state index is -0.159. The molecule has 5 nitrogen and oxygen atoms in total. The summed E-state index contributed by atoms with van der Waals surface area (Å²) in [6, 6.07) is 9.88. The van der Waals surface area contributed by atoms with E-state index in [0.29, 0.717) is 17.8 Å². The van der Waals surface area contributed by atoms with E-state index >= 15 is 0 Å². The molecule has 4 N–H and O–H groups in total. The molecule has 20 heavy (non-hydrogen) atoms. The van der Waals surface area contributed by atoms with Gasteiger partial charge in [0.25, 0.3) is 5.91 Å². The molecule has 2 aromatic rings. The number of nitrogens with zero attached hydrogens (tertiary/aromatic N) is 1. The van der Waals surface area contributed by atoms with Crippen LogP contribution in [0.2, 0.25) is 0 Å². The van der Waals surface area contributed by atoms with Crippen molar-refractivity contribution in [2.75, 3.05) is 12.0 Å². The Morgan fingerprint density at radius 2 is 2.20 bits per heavy atom. The first kappa shape index (κ1) is 14.0. The summed E-state index contributed by atoms with van der Waals surface area (Å²) in [5, 5.41) is 2.88. The van der Waals surface area contributed by atoms with Crippen molar-refractivity contribution in [3.8, 4) is 0 Å². The smallest absolute Gasteiger partial charge is 0.253 e. The predicted octanol–water partition coefficient (Wildman–Crippen LogP) is 1.65. The molecule has 2 rings (SSSR count).